The van der Waals surface area contributed by atoms with E-state index in [1.165, 1.54) is 0 Å². The molecule has 0 saturated carbocycles. The zero-order valence-electron chi connectivity index (χ0n) is 12.9. The van der Waals surface area contributed by atoms with Gasteiger partial charge in [-0.25, -0.2) is 9.97 Å². The Bertz CT molecular complexity index is 426. The molecular formula is C14H26N4S. The van der Waals surface area contributed by atoms with E-state index < -0.39 is 0 Å². The van der Waals surface area contributed by atoms with Gasteiger partial charge >= 0.3 is 0 Å². The van der Waals surface area contributed by atoms with Gasteiger partial charge in [-0.05, 0) is 19.6 Å². The first-order chi connectivity index (χ1) is 8.75. The van der Waals surface area contributed by atoms with Crippen molar-refractivity contribution in [3.05, 3.63) is 11.4 Å². The minimum Gasteiger partial charge on any atom is -0.383 e. The van der Waals surface area contributed by atoms with E-state index >= 15 is 0 Å². The van der Waals surface area contributed by atoms with Gasteiger partial charge in [-0.3, -0.25) is 0 Å². The second-order valence-electron chi connectivity index (χ2n) is 5.92. The van der Waals surface area contributed by atoms with Crippen LogP contribution in [0.15, 0.2) is 0 Å². The standard InChI is InChI=1S/C14H26N4S/c1-9(19-6)7-8-16-12-10(2)11(15)17-13(18-12)14(3,4)5/h9H,7-8H2,1-6H3,(H3,15,16,17,18). The fourth-order valence-electron chi connectivity index (χ4n) is 1.55. The van der Waals surface area contributed by atoms with Crippen LogP contribution in [0.3, 0.4) is 0 Å². The van der Waals surface area contributed by atoms with E-state index in [1.807, 2.05) is 18.7 Å². The number of hydrogen-bond acceptors (Lipinski definition) is 5. The van der Waals surface area contributed by atoms with Gasteiger partial charge in [0, 0.05) is 22.8 Å². The minimum absolute atomic E-state index is 0.0924. The van der Waals surface area contributed by atoms with Crippen LogP contribution in [0.2, 0.25) is 0 Å². The quantitative estimate of drug-likeness (QED) is 0.868. The highest BCUT2D eigenvalue weighted by Gasteiger charge is 2.20. The molecule has 0 radical (unpaired) electrons. The molecule has 1 aromatic rings. The number of nitrogen functional groups attached to an aromatic ring is 1. The van der Waals surface area contributed by atoms with Crippen molar-refractivity contribution in [2.75, 3.05) is 23.9 Å². The Balaban J connectivity index is 2.85. The summed E-state index contributed by atoms with van der Waals surface area (Å²) < 4.78 is 0. The summed E-state index contributed by atoms with van der Waals surface area (Å²) in [6.07, 6.45) is 3.24. The molecule has 0 aliphatic heterocycles. The molecule has 1 rings (SSSR count). The Morgan fingerprint density at radius 2 is 1.95 bits per heavy atom. The van der Waals surface area contributed by atoms with Crippen molar-refractivity contribution in [2.45, 2.75) is 51.7 Å². The monoisotopic (exact) mass is 282 g/mol. The molecule has 1 aromatic heterocycles. The van der Waals surface area contributed by atoms with E-state index in [0.29, 0.717) is 11.1 Å². The van der Waals surface area contributed by atoms with Crippen molar-refractivity contribution < 1.29 is 0 Å². The zero-order valence-corrected chi connectivity index (χ0v) is 13.7. The second kappa shape index (κ2) is 6.46. The lowest BCUT2D eigenvalue weighted by atomic mass is 9.95. The summed E-state index contributed by atoms with van der Waals surface area (Å²) in [4.78, 5) is 9.00. The number of hydrogen-bond donors (Lipinski definition) is 2. The molecule has 19 heavy (non-hydrogen) atoms. The van der Waals surface area contributed by atoms with Crippen LogP contribution in [0.4, 0.5) is 11.6 Å². The highest BCUT2D eigenvalue weighted by molar-refractivity contribution is 7.99. The average molecular weight is 282 g/mol. The van der Waals surface area contributed by atoms with Crippen LogP contribution in [0.25, 0.3) is 0 Å². The number of thioether (sulfide) groups is 1. The van der Waals surface area contributed by atoms with Crippen molar-refractivity contribution >= 4 is 23.4 Å². The predicted molar refractivity (Wildman–Crippen MR) is 86.0 cm³/mol. The van der Waals surface area contributed by atoms with Crippen LogP contribution in [-0.4, -0.2) is 28.0 Å². The molecule has 5 heteroatoms. The Morgan fingerprint density at radius 3 is 2.47 bits per heavy atom. The van der Waals surface area contributed by atoms with Gasteiger partial charge in [0.05, 0.1) is 0 Å². The normalized spacial score (nSPS) is 13.4. The topological polar surface area (TPSA) is 63.8 Å². The lowest BCUT2D eigenvalue weighted by Gasteiger charge is -2.20. The van der Waals surface area contributed by atoms with Crippen molar-refractivity contribution in [2.24, 2.45) is 0 Å². The third-order valence-electron chi connectivity index (χ3n) is 3.10. The lowest BCUT2D eigenvalue weighted by Crippen LogP contribution is -2.20. The summed E-state index contributed by atoms with van der Waals surface area (Å²) in [6, 6.07) is 0. The average Bonchev–Trinajstić information content (AvgIpc) is 2.32. The molecule has 0 fully saturated rings. The van der Waals surface area contributed by atoms with Crippen LogP contribution in [0.1, 0.15) is 45.5 Å². The molecule has 0 aromatic carbocycles. The van der Waals surface area contributed by atoms with Gasteiger partial charge in [0.25, 0.3) is 0 Å². The summed E-state index contributed by atoms with van der Waals surface area (Å²) in [5.41, 5.74) is 6.82. The number of aromatic nitrogens is 2. The van der Waals surface area contributed by atoms with E-state index in [2.05, 4.69) is 49.2 Å². The van der Waals surface area contributed by atoms with E-state index in [-0.39, 0.29) is 5.41 Å². The van der Waals surface area contributed by atoms with Gasteiger partial charge in [-0.1, -0.05) is 27.7 Å². The number of anilines is 2. The van der Waals surface area contributed by atoms with E-state index in [4.69, 9.17) is 5.73 Å². The summed E-state index contributed by atoms with van der Waals surface area (Å²) in [7, 11) is 0. The van der Waals surface area contributed by atoms with E-state index in [0.717, 1.165) is 30.2 Å². The summed E-state index contributed by atoms with van der Waals surface area (Å²) in [5, 5.41) is 4.03. The third-order valence-corrected chi connectivity index (χ3v) is 4.14. The summed E-state index contributed by atoms with van der Waals surface area (Å²) in [6.45, 7) is 11.4. The Kier molecular flexibility index (Phi) is 5.47. The van der Waals surface area contributed by atoms with Gasteiger partial charge in [-0.15, -0.1) is 0 Å². The fraction of sp³-hybridized carbons (Fsp3) is 0.714. The first-order valence-electron chi connectivity index (χ1n) is 6.67. The number of nitrogens with zero attached hydrogens (tertiary/aromatic N) is 2. The SMILES string of the molecule is CSC(C)CCNc1nc(C(C)(C)C)nc(N)c1C. The first-order valence-corrected chi connectivity index (χ1v) is 7.95. The molecule has 1 unspecified atom stereocenters. The maximum atomic E-state index is 5.98. The summed E-state index contributed by atoms with van der Waals surface area (Å²) in [5.74, 6) is 2.22. The van der Waals surface area contributed by atoms with Crippen LogP contribution in [0.5, 0.6) is 0 Å². The largest absolute Gasteiger partial charge is 0.383 e. The van der Waals surface area contributed by atoms with Crippen LogP contribution in [0, 0.1) is 6.92 Å². The molecule has 0 spiro atoms. The van der Waals surface area contributed by atoms with Crippen LogP contribution in [-0.2, 0) is 5.41 Å². The first kappa shape index (κ1) is 16.1. The Labute approximate surface area is 121 Å². The number of nitrogens with two attached hydrogens (primary N) is 1. The van der Waals surface area contributed by atoms with Crippen molar-refractivity contribution in [3.8, 4) is 0 Å². The molecule has 0 aliphatic carbocycles. The molecule has 4 nitrogen and oxygen atoms in total. The second-order valence-corrected chi connectivity index (χ2v) is 7.19. The minimum atomic E-state index is -0.0924. The molecule has 0 amide bonds. The lowest BCUT2D eigenvalue weighted by molar-refractivity contribution is 0.546. The predicted octanol–water partition coefficient (Wildman–Crippen LogP) is 3.22. The molecule has 1 atom stereocenters. The Hall–Kier alpha value is -0.970. The van der Waals surface area contributed by atoms with Gasteiger partial charge in [0.15, 0.2) is 0 Å². The maximum Gasteiger partial charge on any atom is 0.138 e. The van der Waals surface area contributed by atoms with Gasteiger partial charge < -0.3 is 11.1 Å². The molecule has 1 heterocycles. The summed E-state index contributed by atoms with van der Waals surface area (Å²) >= 11 is 1.88. The van der Waals surface area contributed by atoms with Crippen molar-refractivity contribution in [1.29, 1.82) is 0 Å². The maximum absolute atomic E-state index is 5.98. The number of nitrogens with one attached hydrogen (secondary N) is 1. The van der Waals surface area contributed by atoms with Crippen molar-refractivity contribution in [1.82, 2.24) is 9.97 Å². The fourth-order valence-corrected chi connectivity index (χ4v) is 1.91. The zero-order chi connectivity index (χ0) is 14.6. The highest BCUT2D eigenvalue weighted by Crippen LogP contribution is 2.24. The smallest absolute Gasteiger partial charge is 0.138 e. The molecular weight excluding hydrogens is 256 g/mol. The van der Waals surface area contributed by atoms with E-state index in [1.54, 1.807) is 0 Å². The van der Waals surface area contributed by atoms with Crippen molar-refractivity contribution in [3.63, 3.8) is 0 Å². The third kappa shape index (κ3) is 4.56. The Morgan fingerprint density at radius 1 is 1.32 bits per heavy atom. The highest BCUT2D eigenvalue weighted by atomic mass is 32.2. The van der Waals surface area contributed by atoms with Gasteiger partial charge in [0.1, 0.15) is 17.5 Å². The molecule has 0 saturated heterocycles. The van der Waals surface area contributed by atoms with Crippen LogP contribution >= 0.6 is 11.8 Å². The van der Waals surface area contributed by atoms with Gasteiger partial charge in [-0.2, -0.15) is 11.8 Å². The van der Waals surface area contributed by atoms with Gasteiger partial charge in [0.2, 0.25) is 0 Å². The molecule has 0 aliphatic rings. The molecule has 108 valence electrons. The van der Waals surface area contributed by atoms with Crippen LogP contribution < -0.4 is 11.1 Å². The molecule has 3 N–H and O–H groups in total. The molecule has 0 bridgehead atoms. The van der Waals surface area contributed by atoms with E-state index in [9.17, 15) is 0 Å². The number of rotatable bonds is 5.